The van der Waals surface area contributed by atoms with Crippen LogP contribution < -0.4 is 5.32 Å². The van der Waals surface area contributed by atoms with Crippen molar-refractivity contribution in [2.24, 2.45) is 10.9 Å². The fraction of sp³-hybridized carbons (Fsp3) is 0.524. The van der Waals surface area contributed by atoms with Crippen molar-refractivity contribution in [2.45, 2.75) is 32.4 Å². The molecular weight excluding hydrogens is 465 g/mol. The maximum Gasteiger partial charge on any atom is 0.193 e. The largest absolute Gasteiger partial charge is 0.381 e. The molecule has 1 aromatic heterocycles. The highest BCUT2D eigenvalue weighted by Gasteiger charge is 2.15. The predicted octanol–water partition coefficient (Wildman–Crippen LogP) is 3.37. The molecule has 0 radical (unpaired) electrons. The van der Waals surface area contributed by atoms with Gasteiger partial charge in [0.05, 0.1) is 6.33 Å². The summed E-state index contributed by atoms with van der Waals surface area (Å²) in [5.74, 6) is 1.73. The first-order valence-corrected chi connectivity index (χ1v) is 9.77. The highest BCUT2D eigenvalue weighted by Crippen LogP contribution is 2.18. The number of imidazole rings is 1. The van der Waals surface area contributed by atoms with Crippen LogP contribution in [0.5, 0.6) is 0 Å². The molecule has 2 heterocycles. The summed E-state index contributed by atoms with van der Waals surface area (Å²) in [5.41, 5.74) is 2.53. The molecule has 6 nitrogen and oxygen atoms in total. The van der Waals surface area contributed by atoms with Crippen molar-refractivity contribution in [1.82, 2.24) is 19.8 Å². The van der Waals surface area contributed by atoms with Gasteiger partial charge in [0.2, 0.25) is 0 Å². The van der Waals surface area contributed by atoms with Crippen LogP contribution in [0.1, 0.15) is 30.4 Å². The lowest BCUT2D eigenvalue weighted by atomic mass is 9.96. The number of aliphatic imine (C=N–C) groups is 1. The summed E-state index contributed by atoms with van der Waals surface area (Å²) in [6.07, 6.45) is 9.20. The SMILES string of the molecule is CN=C(NCc1ccc(Cn2ccnc2)cc1)N(C)CCC1CCOCC1.I. The monoisotopic (exact) mass is 497 g/mol. The van der Waals surface area contributed by atoms with E-state index >= 15 is 0 Å². The van der Waals surface area contributed by atoms with E-state index in [9.17, 15) is 0 Å². The van der Waals surface area contributed by atoms with E-state index in [-0.39, 0.29) is 24.0 Å². The predicted molar refractivity (Wildman–Crippen MR) is 124 cm³/mol. The molecule has 1 fully saturated rings. The van der Waals surface area contributed by atoms with E-state index in [1.54, 1.807) is 0 Å². The van der Waals surface area contributed by atoms with Gasteiger partial charge in [0, 0.05) is 59.3 Å². The van der Waals surface area contributed by atoms with Crippen molar-refractivity contribution >= 4 is 29.9 Å². The first-order valence-electron chi connectivity index (χ1n) is 9.77. The molecule has 1 saturated heterocycles. The number of ether oxygens (including phenoxy) is 1. The second-order valence-electron chi connectivity index (χ2n) is 7.22. The van der Waals surface area contributed by atoms with Gasteiger partial charge in [-0.25, -0.2) is 4.98 Å². The summed E-state index contributed by atoms with van der Waals surface area (Å²) < 4.78 is 7.52. The first kappa shape index (κ1) is 22.7. The van der Waals surface area contributed by atoms with Crippen LogP contribution in [0.25, 0.3) is 0 Å². The van der Waals surface area contributed by atoms with Gasteiger partial charge in [-0.1, -0.05) is 24.3 Å². The first-order chi connectivity index (χ1) is 13.2. The average Bonchev–Trinajstić information content (AvgIpc) is 3.22. The molecule has 1 aliphatic heterocycles. The summed E-state index contributed by atoms with van der Waals surface area (Å²) in [4.78, 5) is 10.7. The minimum Gasteiger partial charge on any atom is -0.381 e. The Bertz CT molecular complexity index is 696. The van der Waals surface area contributed by atoms with Gasteiger partial charge in [0.25, 0.3) is 0 Å². The zero-order valence-corrected chi connectivity index (χ0v) is 19.2. The van der Waals surface area contributed by atoms with E-state index < -0.39 is 0 Å². The molecular formula is C21H32IN5O. The van der Waals surface area contributed by atoms with E-state index in [1.807, 2.05) is 25.8 Å². The van der Waals surface area contributed by atoms with Crippen molar-refractivity contribution in [2.75, 3.05) is 33.9 Å². The Hall–Kier alpha value is -1.61. The van der Waals surface area contributed by atoms with Crippen molar-refractivity contribution in [3.8, 4) is 0 Å². The summed E-state index contributed by atoms with van der Waals surface area (Å²) in [7, 11) is 3.96. The average molecular weight is 497 g/mol. The molecule has 0 amide bonds. The normalized spacial score (nSPS) is 15.1. The van der Waals surface area contributed by atoms with Crippen LogP contribution in [0.2, 0.25) is 0 Å². The van der Waals surface area contributed by atoms with Gasteiger partial charge in [-0.05, 0) is 36.3 Å². The number of halogens is 1. The summed E-state index contributed by atoms with van der Waals surface area (Å²) in [5, 5.41) is 3.47. The van der Waals surface area contributed by atoms with Gasteiger partial charge in [0.1, 0.15) is 0 Å². The third-order valence-electron chi connectivity index (χ3n) is 5.18. The molecule has 1 aromatic carbocycles. The number of benzene rings is 1. The molecule has 7 heteroatoms. The highest BCUT2D eigenvalue weighted by atomic mass is 127. The van der Waals surface area contributed by atoms with E-state index in [4.69, 9.17) is 4.74 Å². The van der Waals surface area contributed by atoms with Crippen LogP contribution in [0.15, 0.2) is 48.0 Å². The lowest BCUT2D eigenvalue weighted by molar-refractivity contribution is 0.0625. The molecule has 2 aromatic rings. The van der Waals surface area contributed by atoms with E-state index in [0.717, 1.165) is 44.7 Å². The van der Waals surface area contributed by atoms with Crippen LogP contribution >= 0.6 is 24.0 Å². The number of guanidine groups is 1. The molecule has 0 aliphatic carbocycles. The fourth-order valence-corrected chi connectivity index (χ4v) is 3.44. The topological polar surface area (TPSA) is 54.7 Å². The molecule has 154 valence electrons. The highest BCUT2D eigenvalue weighted by molar-refractivity contribution is 14.0. The van der Waals surface area contributed by atoms with Crippen molar-refractivity contribution in [3.05, 3.63) is 54.1 Å². The second kappa shape index (κ2) is 12.1. The van der Waals surface area contributed by atoms with Gasteiger partial charge in [0.15, 0.2) is 5.96 Å². The lowest BCUT2D eigenvalue weighted by Crippen LogP contribution is -2.39. The van der Waals surface area contributed by atoms with Crippen LogP contribution in [0, 0.1) is 5.92 Å². The van der Waals surface area contributed by atoms with Gasteiger partial charge in [-0.2, -0.15) is 0 Å². The standard InChI is InChI=1S/C21H31N5O.HI/c1-22-21(25(2)11-7-18-8-13-27-14-9-18)24-15-19-3-5-20(6-4-19)16-26-12-10-23-17-26;/h3-6,10,12,17-18H,7-9,11,13-16H2,1-2H3,(H,22,24);1H. The number of nitrogens with one attached hydrogen (secondary N) is 1. The smallest absolute Gasteiger partial charge is 0.193 e. The number of nitrogens with zero attached hydrogens (tertiary/aromatic N) is 4. The van der Waals surface area contributed by atoms with Gasteiger partial charge >= 0.3 is 0 Å². The molecule has 0 atom stereocenters. The Morgan fingerprint density at radius 1 is 1.25 bits per heavy atom. The van der Waals surface area contributed by atoms with Crippen molar-refractivity contribution in [1.29, 1.82) is 0 Å². The molecule has 0 spiro atoms. The Morgan fingerprint density at radius 2 is 1.96 bits per heavy atom. The summed E-state index contributed by atoms with van der Waals surface area (Å²) >= 11 is 0. The zero-order valence-electron chi connectivity index (χ0n) is 16.9. The molecule has 3 rings (SSSR count). The molecule has 0 bridgehead atoms. The summed E-state index contributed by atoms with van der Waals surface area (Å²) in [6, 6.07) is 8.70. The Morgan fingerprint density at radius 3 is 2.61 bits per heavy atom. The van der Waals surface area contributed by atoms with Crippen molar-refractivity contribution < 1.29 is 4.74 Å². The Kier molecular flexibility index (Phi) is 9.77. The molecule has 1 aliphatic rings. The van der Waals surface area contributed by atoms with Gasteiger partial charge in [-0.15, -0.1) is 24.0 Å². The molecule has 0 saturated carbocycles. The van der Waals surface area contributed by atoms with Crippen LogP contribution in [-0.2, 0) is 17.8 Å². The lowest BCUT2D eigenvalue weighted by Gasteiger charge is -2.26. The van der Waals surface area contributed by atoms with E-state index in [2.05, 4.69) is 56.1 Å². The number of hydrogen-bond acceptors (Lipinski definition) is 3. The Balaban J connectivity index is 0.00000280. The van der Waals surface area contributed by atoms with Crippen LogP contribution in [0.4, 0.5) is 0 Å². The van der Waals surface area contributed by atoms with E-state index in [0.29, 0.717) is 0 Å². The molecule has 1 N–H and O–H groups in total. The number of hydrogen-bond donors (Lipinski definition) is 1. The number of rotatable bonds is 7. The van der Waals surface area contributed by atoms with Crippen molar-refractivity contribution in [3.63, 3.8) is 0 Å². The third-order valence-corrected chi connectivity index (χ3v) is 5.18. The van der Waals surface area contributed by atoms with Gasteiger partial charge < -0.3 is 19.5 Å². The third kappa shape index (κ3) is 7.09. The zero-order chi connectivity index (χ0) is 18.9. The van der Waals surface area contributed by atoms with Gasteiger partial charge in [-0.3, -0.25) is 4.99 Å². The van der Waals surface area contributed by atoms with Crippen LogP contribution in [-0.4, -0.2) is 54.3 Å². The molecule has 0 unspecified atom stereocenters. The Labute approximate surface area is 185 Å². The summed E-state index contributed by atoms with van der Waals surface area (Å²) in [6.45, 7) is 4.48. The minimum atomic E-state index is 0. The second-order valence-corrected chi connectivity index (χ2v) is 7.22. The number of aromatic nitrogens is 2. The molecule has 28 heavy (non-hydrogen) atoms. The fourth-order valence-electron chi connectivity index (χ4n) is 3.44. The maximum absolute atomic E-state index is 5.45. The minimum absolute atomic E-state index is 0. The van der Waals surface area contributed by atoms with Crippen LogP contribution in [0.3, 0.4) is 0 Å². The quantitative estimate of drug-likeness (QED) is 0.362. The van der Waals surface area contributed by atoms with E-state index in [1.165, 1.54) is 30.4 Å². The maximum atomic E-state index is 5.45.